The van der Waals surface area contributed by atoms with Crippen molar-refractivity contribution in [2.45, 2.75) is 43.9 Å². The second-order valence-electron chi connectivity index (χ2n) is 11.6. The molecule has 4 aliphatic carbocycles. The van der Waals surface area contributed by atoms with Gasteiger partial charge in [0.15, 0.2) is 16.7 Å². The number of hydrogen-bond acceptors (Lipinski definition) is 5. The van der Waals surface area contributed by atoms with Crippen LogP contribution < -0.4 is 0 Å². The van der Waals surface area contributed by atoms with Gasteiger partial charge < -0.3 is 14.7 Å². The number of hydrogen-bond donors (Lipinski definition) is 1. The molecule has 0 atom stereocenters. The van der Waals surface area contributed by atoms with Crippen molar-refractivity contribution in [3.05, 3.63) is 58.2 Å². The summed E-state index contributed by atoms with van der Waals surface area (Å²) >= 11 is 1.40. The Bertz CT molecular complexity index is 1290. The number of nitrogens with zero attached hydrogens (tertiary/aromatic N) is 2. The number of benzene rings is 2. The topological polar surface area (TPSA) is 62.1 Å². The smallest absolute Gasteiger partial charge is 0.286 e. The molecule has 1 N–H and O–H groups in total. The number of halogens is 1. The number of amidine groups is 1. The lowest BCUT2D eigenvalue weighted by atomic mass is 9.48. The van der Waals surface area contributed by atoms with E-state index in [0.717, 1.165) is 59.8 Å². The van der Waals surface area contributed by atoms with Gasteiger partial charge in [0.1, 0.15) is 0 Å². The summed E-state index contributed by atoms with van der Waals surface area (Å²) < 4.78 is 20.6. The van der Waals surface area contributed by atoms with Crippen LogP contribution in [0, 0.1) is 23.6 Å². The predicted octanol–water partition coefficient (Wildman–Crippen LogP) is 5.97. The first-order valence-electron chi connectivity index (χ1n) is 13.4. The maximum absolute atomic E-state index is 15.2. The normalized spacial score (nSPS) is 31.9. The van der Waals surface area contributed by atoms with E-state index in [1.54, 1.807) is 0 Å². The summed E-state index contributed by atoms with van der Waals surface area (Å²) in [4.78, 5) is 19.5. The van der Waals surface area contributed by atoms with E-state index in [9.17, 15) is 9.90 Å². The summed E-state index contributed by atoms with van der Waals surface area (Å²) in [5, 5.41) is 11.6. The number of carbonyl (C=O) groups excluding carboxylic acids is 1. The number of aliphatic imine (C=N–C) groups is 1. The number of morpholine rings is 1. The number of aromatic hydroxyl groups is 1. The zero-order valence-corrected chi connectivity index (χ0v) is 21.6. The highest BCUT2D eigenvalue weighted by Gasteiger charge is 2.52. The highest BCUT2D eigenvalue weighted by Crippen LogP contribution is 2.62. The van der Waals surface area contributed by atoms with Crippen molar-refractivity contribution in [2.24, 2.45) is 22.7 Å². The van der Waals surface area contributed by atoms with Crippen molar-refractivity contribution >= 4 is 28.9 Å². The van der Waals surface area contributed by atoms with E-state index >= 15 is 4.39 Å². The van der Waals surface area contributed by atoms with Gasteiger partial charge >= 0.3 is 0 Å². The first-order valence-corrected chi connectivity index (χ1v) is 14.3. The van der Waals surface area contributed by atoms with E-state index in [2.05, 4.69) is 9.89 Å². The average molecular weight is 519 g/mol. The SMILES string of the molecule is O=C1N=C(N2CCOCC2)S/C1=C\c1cccc(-c2cc(F)c(O)c(C34CC5CC(CC(C5)C3)C4)c2)c1. The van der Waals surface area contributed by atoms with Crippen LogP contribution in [0.2, 0.25) is 0 Å². The molecular formula is C30H31FN2O3S. The number of phenols is 1. The quantitative estimate of drug-likeness (QED) is 0.508. The van der Waals surface area contributed by atoms with Crippen LogP contribution >= 0.6 is 11.8 Å². The molecule has 2 aromatic rings. The van der Waals surface area contributed by atoms with Gasteiger partial charge in [-0.1, -0.05) is 18.2 Å². The number of amides is 1. The molecule has 0 radical (unpaired) electrons. The van der Waals surface area contributed by atoms with Gasteiger partial charge in [0, 0.05) is 18.7 Å². The third-order valence-corrected chi connectivity index (χ3v) is 10.1. The van der Waals surface area contributed by atoms with Crippen LogP contribution in [0.1, 0.15) is 49.7 Å². The van der Waals surface area contributed by atoms with Gasteiger partial charge in [-0.05, 0) is 114 Å². The summed E-state index contributed by atoms with van der Waals surface area (Å²) in [5.41, 5.74) is 3.23. The van der Waals surface area contributed by atoms with Crippen LogP contribution in [0.5, 0.6) is 5.75 Å². The first kappa shape index (κ1) is 23.5. The Balaban J connectivity index is 1.19. The van der Waals surface area contributed by atoms with Gasteiger partial charge in [-0.15, -0.1) is 0 Å². The molecule has 4 bridgehead atoms. The number of carbonyl (C=O) groups is 1. The van der Waals surface area contributed by atoms with Crippen LogP contribution in [0.15, 0.2) is 46.3 Å². The molecule has 4 saturated carbocycles. The standard InChI is InChI=1S/C30H31FN2O3S/c31-25-14-23(13-24(27(25)34)30-15-19-8-20(16-30)10-21(9-19)17-30)22-3-1-2-18(11-22)12-26-28(35)32-29(37-26)33-4-6-36-7-5-33/h1-3,11-14,19-21,34H,4-10,15-17H2/b26-12-. The van der Waals surface area contributed by atoms with Crippen molar-refractivity contribution in [2.75, 3.05) is 26.3 Å². The van der Waals surface area contributed by atoms with E-state index in [1.165, 1.54) is 37.1 Å². The van der Waals surface area contributed by atoms with Crippen molar-refractivity contribution < 1.29 is 19.0 Å². The number of rotatable bonds is 3. The van der Waals surface area contributed by atoms with Crippen LogP contribution in [0.4, 0.5) is 4.39 Å². The van der Waals surface area contributed by atoms with Crippen molar-refractivity contribution in [3.8, 4) is 16.9 Å². The van der Waals surface area contributed by atoms with Crippen LogP contribution in [-0.4, -0.2) is 47.4 Å². The third kappa shape index (κ3) is 4.20. The van der Waals surface area contributed by atoms with Gasteiger partial charge in [0.25, 0.3) is 5.91 Å². The van der Waals surface area contributed by atoms with Crippen LogP contribution in [-0.2, 0) is 14.9 Å². The number of phenolic OH excluding ortho intramolecular Hbond substituents is 1. The number of ether oxygens (including phenoxy) is 1. The zero-order chi connectivity index (χ0) is 25.1. The summed E-state index contributed by atoms with van der Waals surface area (Å²) in [5.74, 6) is 1.19. The molecule has 6 aliphatic rings. The largest absolute Gasteiger partial charge is 0.505 e. The molecule has 8 rings (SSSR count). The van der Waals surface area contributed by atoms with Gasteiger partial charge in [0.2, 0.25) is 0 Å². The highest BCUT2D eigenvalue weighted by atomic mass is 32.2. The summed E-state index contributed by atoms with van der Waals surface area (Å²) in [6, 6.07) is 11.3. The number of thioether (sulfide) groups is 1. The van der Waals surface area contributed by atoms with Gasteiger partial charge in [-0.3, -0.25) is 4.79 Å². The maximum atomic E-state index is 15.2. The fraction of sp³-hybridized carbons (Fsp3) is 0.467. The Kier molecular flexibility index (Phi) is 5.70. The molecule has 37 heavy (non-hydrogen) atoms. The van der Waals surface area contributed by atoms with E-state index in [0.29, 0.717) is 35.9 Å². The Labute approximate surface area is 220 Å². The fourth-order valence-corrected chi connectivity index (χ4v) is 8.82. The highest BCUT2D eigenvalue weighted by molar-refractivity contribution is 8.18. The molecule has 5 nitrogen and oxygen atoms in total. The molecule has 2 aromatic carbocycles. The summed E-state index contributed by atoms with van der Waals surface area (Å²) in [6.45, 7) is 2.76. The lowest BCUT2D eigenvalue weighted by Crippen LogP contribution is -2.48. The molecule has 192 valence electrons. The fourth-order valence-electron chi connectivity index (χ4n) is 7.86. The molecule has 0 aromatic heterocycles. The van der Waals surface area contributed by atoms with Crippen molar-refractivity contribution in [1.29, 1.82) is 0 Å². The Morgan fingerprint density at radius 2 is 1.73 bits per heavy atom. The Morgan fingerprint density at radius 1 is 1.03 bits per heavy atom. The van der Waals surface area contributed by atoms with Crippen LogP contribution in [0.3, 0.4) is 0 Å². The monoisotopic (exact) mass is 518 g/mol. The van der Waals surface area contributed by atoms with Crippen molar-refractivity contribution in [1.82, 2.24) is 4.90 Å². The molecular weight excluding hydrogens is 487 g/mol. The minimum atomic E-state index is -0.544. The van der Waals surface area contributed by atoms with E-state index in [1.807, 2.05) is 36.4 Å². The third-order valence-electron chi connectivity index (χ3n) is 9.08. The maximum Gasteiger partial charge on any atom is 0.286 e. The minimum absolute atomic E-state index is 0.102. The first-order chi connectivity index (χ1) is 18.0. The molecule has 7 heteroatoms. The molecule has 2 aliphatic heterocycles. The molecule has 1 saturated heterocycles. The van der Waals surface area contributed by atoms with Crippen molar-refractivity contribution in [3.63, 3.8) is 0 Å². The molecule has 1 amide bonds. The summed E-state index contributed by atoms with van der Waals surface area (Å²) in [7, 11) is 0. The Hall–Kier alpha value is -2.64. The van der Waals surface area contributed by atoms with Gasteiger partial charge in [-0.25, -0.2) is 4.39 Å². The summed E-state index contributed by atoms with van der Waals surface area (Å²) in [6.07, 6.45) is 8.95. The molecule has 0 unspecified atom stereocenters. The van der Waals surface area contributed by atoms with Gasteiger partial charge in [-0.2, -0.15) is 4.99 Å². The second kappa shape index (κ2) is 8.98. The second-order valence-corrected chi connectivity index (χ2v) is 12.6. The predicted molar refractivity (Wildman–Crippen MR) is 144 cm³/mol. The lowest BCUT2D eigenvalue weighted by molar-refractivity contribution is -0.113. The molecule has 0 spiro atoms. The molecule has 2 heterocycles. The van der Waals surface area contributed by atoms with E-state index < -0.39 is 5.82 Å². The van der Waals surface area contributed by atoms with E-state index in [4.69, 9.17) is 4.74 Å². The lowest BCUT2D eigenvalue weighted by Gasteiger charge is -2.57. The minimum Gasteiger partial charge on any atom is -0.505 e. The average Bonchev–Trinajstić information content (AvgIpc) is 3.25. The zero-order valence-electron chi connectivity index (χ0n) is 20.8. The Morgan fingerprint density at radius 3 is 2.43 bits per heavy atom. The van der Waals surface area contributed by atoms with Gasteiger partial charge in [0.05, 0.1) is 18.1 Å². The molecule has 5 fully saturated rings. The van der Waals surface area contributed by atoms with Crippen LogP contribution in [0.25, 0.3) is 17.2 Å². The van der Waals surface area contributed by atoms with E-state index in [-0.39, 0.29) is 17.1 Å².